The zero-order valence-electron chi connectivity index (χ0n) is 7.80. The summed E-state index contributed by atoms with van der Waals surface area (Å²) in [5.41, 5.74) is 1.41. The Bertz CT molecular complexity index is 236. The first-order chi connectivity index (χ1) is 6.20. The van der Waals surface area contributed by atoms with E-state index in [0.717, 1.165) is 6.42 Å². The van der Waals surface area contributed by atoms with Gasteiger partial charge in [-0.1, -0.05) is 37.3 Å². The molecule has 1 aromatic carbocycles. The van der Waals surface area contributed by atoms with Crippen LogP contribution in [-0.4, -0.2) is 12.0 Å². The quantitative estimate of drug-likeness (QED) is 0.748. The maximum atomic E-state index is 9.29. The highest BCUT2D eigenvalue weighted by Crippen LogP contribution is 2.09. The Morgan fingerprint density at radius 3 is 2.08 bits per heavy atom. The SMILES string of the molecule is CCc1ccccc1.CO[P+](=O)O. The molecule has 1 atom stereocenters. The standard InChI is InChI=1S/C8H10.CH3O3P/c1-2-8-6-4-3-5-7-8;1-4-5(2)3/h3-7H,2H2,1H3;1H3/p+1. The molecule has 0 saturated carbocycles. The summed E-state index contributed by atoms with van der Waals surface area (Å²) in [5, 5.41) is 0. The van der Waals surface area contributed by atoms with Crippen LogP contribution in [0.15, 0.2) is 30.3 Å². The van der Waals surface area contributed by atoms with Gasteiger partial charge in [0.2, 0.25) is 0 Å². The maximum absolute atomic E-state index is 9.29. The van der Waals surface area contributed by atoms with E-state index in [2.05, 4.69) is 35.7 Å². The van der Waals surface area contributed by atoms with Gasteiger partial charge >= 0.3 is 8.25 Å². The second-order valence-electron chi connectivity index (χ2n) is 2.26. The lowest BCUT2D eigenvalue weighted by molar-refractivity contribution is 0.343. The van der Waals surface area contributed by atoms with Crippen molar-refractivity contribution >= 4 is 8.25 Å². The highest BCUT2D eigenvalue weighted by atomic mass is 31.1. The zero-order chi connectivity index (χ0) is 10.1. The third-order valence-corrected chi connectivity index (χ3v) is 1.72. The van der Waals surface area contributed by atoms with E-state index in [-0.39, 0.29) is 0 Å². The predicted molar refractivity (Wildman–Crippen MR) is 52.7 cm³/mol. The fourth-order valence-corrected chi connectivity index (χ4v) is 0.714. The van der Waals surface area contributed by atoms with Gasteiger partial charge in [0.15, 0.2) is 0 Å². The van der Waals surface area contributed by atoms with Gasteiger partial charge in [-0.3, -0.25) is 0 Å². The van der Waals surface area contributed by atoms with Crippen molar-refractivity contribution in [2.24, 2.45) is 0 Å². The van der Waals surface area contributed by atoms with E-state index < -0.39 is 8.25 Å². The highest BCUT2D eigenvalue weighted by molar-refractivity contribution is 7.32. The lowest BCUT2D eigenvalue weighted by Crippen LogP contribution is -1.73. The molecule has 72 valence electrons. The Labute approximate surface area is 79.3 Å². The van der Waals surface area contributed by atoms with Gasteiger partial charge in [-0.2, -0.15) is 0 Å². The Morgan fingerprint density at radius 1 is 1.38 bits per heavy atom. The van der Waals surface area contributed by atoms with Crippen LogP contribution in [0.1, 0.15) is 12.5 Å². The fourth-order valence-electron chi connectivity index (χ4n) is 0.714. The lowest BCUT2D eigenvalue weighted by Gasteiger charge is -1.89. The summed E-state index contributed by atoms with van der Waals surface area (Å²) in [5.74, 6) is 0. The van der Waals surface area contributed by atoms with Crippen molar-refractivity contribution in [3.8, 4) is 0 Å². The van der Waals surface area contributed by atoms with E-state index in [1.807, 2.05) is 6.07 Å². The first kappa shape index (κ1) is 12.2. The van der Waals surface area contributed by atoms with Crippen molar-refractivity contribution in [2.45, 2.75) is 13.3 Å². The Kier molecular flexibility index (Phi) is 7.41. The summed E-state index contributed by atoms with van der Waals surface area (Å²) in [6, 6.07) is 10.5. The van der Waals surface area contributed by atoms with Crippen LogP contribution in [-0.2, 0) is 15.5 Å². The van der Waals surface area contributed by atoms with Crippen LogP contribution < -0.4 is 0 Å². The zero-order valence-corrected chi connectivity index (χ0v) is 8.70. The molecule has 0 bridgehead atoms. The van der Waals surface area contributed by atoms with Crippen LogP contribution in [0.5, 0.6) is 0 Å². The minimum absolute atomic E-state index is 1.14. The van der Waals surface area contributed by atoms with Gasteiger partial charge in [-0.25, -0.2) is 0 Å². The minimum Gasteiger partial charge on any atom is -0.133 e. The van der Waals surface area contributed by atoms with Crippen molar-refractivity contribution in [2.75, 3.05) is 7.11 Å². The Balaban J connectivity index is 0.000000252. The fraction of sp³-hybridized carbons (Fsp3) is 0.333. The normalized spacial score (nSPS) is 9.92. The number of rotatable bonds is 2. The van der Waals surface area contributed by atoms with E-state index in [4.69, 9.17) is 4.89 Å². The van der Waals surface area contributed by atoms with Crippen molar-refractivity contribution in [1.29, 1.82) is 0 Å². The summed E-state index contributed by atoms with van der Waals surface area (Å²) in [4.78, 5) is 7.65. The largest absolute Gasteiger partial charge is 0.694 e. The molecular formula is C9H14O3P+. The summed E-state index contributed by atoms with van der Waals surface area (Å²) in [6.45, 7) is 2.16. The average Bonchev–Trinajstić information content (AvgIpc) is 2.20. The van der Waals surface area contributed by atoms with Gasteiger partial charge in [-0.15, -0.1) is 9.42 Å². The molecular weight excluding hydrogens is 187 g/mol. The summed E-state index contributed by atoms with van der Waals surface area (Å²) in [6.07, 6.45) is 1.14. The van der Waals surface area contributed by atoms with Gasteiger partial charge < -0.3 is 0 Å². The molecule has 0 spiro atoms. The smallest absolute Gasteiger partial charge is 0.133 e. The van der Waals surface area contributed by atoms with Crippen LogP contribution in [0.3, 0.4) is 0 Å². The third-order valence-electron chi connectivity index (χ3n) is 1.41. The number of hydrogen-bond donors (Lipinski definition) is 1. The summed E-state index contributed by atoms with van der Waals surface area (Å²) in [7, 11) is -1.18. The molecule has 0 radical (unpaired) electrons. The van der Waals surface area contributed by atoms with Gasteiger partial charge in [0.05, 0.1) is 7.11 Å². The van der Waals surface area contributed by atoms with Gasteiger partial charge in [0, 0.05) is 4.57 Å². The van der Waals surface area contributed by atoms with Crippen LogP contribution in [0.2, 0.25) is 0 Å². The van der Waals surface area contributed by atoms with E-state index in [1.54, 1.807) is 0 Å². The van der Waals surface area contributed by atoms with Crippen molar-refractivity contribution < 1.29 is 14.0 Å². The third kappa shape index (κ3) is 7.60. The van der Waals surface area contributed by atoms with Crippen LogP contribution in [0.25, 0.3) is 0 Å². The Morgan fingerprint density at radius 2 is 1.85 bits per heavy atom. The maximum Gasteiger partial charge on any atom is 0.694 e. The number of aryl methyl sites for hydroxylation is 1. The molecule has 0 fully saturated rings. The molecule has 0 aliphatic rings. The second kappa shape index (κ2) is 7.87. The first-order valence-corrected chi connectivity index (χ1v) is 5.08. The average molecular weight is 201 g/mol. The van der Waals surface area contributed by atoms with Crippen LogP contribution >= 0.6 is 8.25 Å². The van der Waals surface area contributed by atoms with E-state index in [1.165, 1.54) is 12.7 Å². The van der Waals surface area contributed by atoms with Crippen LogP contribution in [0.4, 0.5) is 0 Å². The van der Waals surface area contributed by atoms with E-state index in [9.17, 15) is 4.57 Å². The molecule has 0 heterocycles. The molecule has 0 aromatic heterocycles. The summed E-state index contributed by atoms with van der Waals surface area (Å²) >= 11 is 0. The second-order valence-corrected chi connectivity index (χ2v) is 3.10. The van der Waals surface area contributed by atoms with E-state index in [0.29, 0.717) is 0 Å². The van der Waals surface area contributed by atoms with Crippen LogP contribution in [0, 0.1) is 0 Å². The van der Waals surface area contributed by atoms with Crippen molar-refractivity contribution in [1.82, 2.24) is 0 Å². The summed E-state index contributed by atoms with van der Waals surface area (Å²) < 4.78 is 13.1. The molecule has 0 aliphatic heterocycles. The molecule has 1 unspecified atom stereocenters. The molecule has 1 aromatic rings. The minimum atomic E-state index is -2.35. The topological polar surface area (TPSA) is 46.5 Å². The predicted octanol–water partition coefficient (Wildman–Crippen LogP) is 2.53. The monoisotopic (exact) mass is 201 g/mol. The molecule has 3 nitrogen and oxygen atoms in total. The van der Waals surface area contributed by atoms with Gasteiger partial charge in [-0.05, 0) is 12.0 Å². The molecule has 0 saturated heterocycles. The number of benzene rings is 1. The van der Waals surface area contributed by atoms with Gasteiger partial charge in [0.1, 0.15) is 0 Å². The van der Waals surface area contributed by atoms with E-state index >= 15 is 0 Å². The molecule has 1 N–H and O–H groups in total. The molecule has 0 aliphatic carbocycles. The van der Waals surface area contributed by atoms with Gasteiger partial charge in [0.25, 0.3) is 0 Å². The Hall–Kier alpha value is -0.760. The number of hydrogen-bond acceptors (Lipinski definition) is 2. The van der Waals surface area contributed by atoms with Crippen molar-refractivity contribution in [3.63, 3.8) is 0 Å². The molecule has 4 heteroatoms. The molecule has 13 heavy (non-hydrogen) atoms. The highest BCUT2D eigenvalue weighted by Gasteiger charge is 2.02. The first-order valence-electron chi connectivity index (χ1n) is 3.94. The lowest BCUT2D eigenvalue weighted by atomic mass is 10.2. The van der Waals surface area contributed by atoms with Crippen molar-refractivity contribution in [3.05, 3.63) is 35.9 Å². The molecule has 0 amide bonds. The molecule has 1 rings (SSSR count).